The Balaban J connectivity index is 2.40. The maximum absolute atomic E-state index is 3.98. The summed E-state index contributed by atoms with van der Waals surface area (Å²) in [5.41, 5.74) is 1.40. The quantitative estimate of drug-likeness (QED) is 0.599. The van der Waals surface area contributed by atoms with E-state index in [0.717, 1.165) is 11.6 Å². The van der Waals surface area contributed by atoms with Crippen LogP contribution in [0.4, 0.5) is 0 Å². The van der Waals surface area contributed by atoms with Crippen molar-refractivity contribution >= 4 is 11.8 Å². The zero-order valence-electron chi connectivity index (χ0n) is 7.08. The van der Waals surface area contributed by atoms with Gasteiger partial charge in [0, 0.05) is 18.5 Å². The van der Waals surface area contributed by atoms with Gasteiger partial charge >= 0.3 is 0 Å². The molecule has 0 aliphatic carbocycles. The van der Waals surface area contributed by atoms with Crippen molar-refractivity contribution in [3.05, 3.63) is 41.4 Å². The summed E-state index contributed by atoms with van der Waals surface area (Å²) in [4.78, 5) is 3.52. The van der Waals surface area contributed by atoms with E-state index in [0.29, 0.717) is 0 Å². The minimum atomic E-state index is 0.988. The van der Waals surface area contributed by atoms with Crippen LogP contribution in [0.2, 0.25) is 0 Å². The molecule has 0 aromatic heterocycles. The van der Waals surface area contributed by atoms with Gasteiger partial charge in [0.1, 0.15) is 0 Å². The summed E-state index contributed by atoms with van der Waals surface area (Å²) in [5.74, 6) is 0. The highest BCUT2D eigenvalue weighted by atomic mass is 32.2. The minimum absolute atomic E-state index is 0.988. The number of thioether (sulfide) groups is 1. The highest BCUT2D eigenvalue weighted by Gasteiger charge is 2.14. The van der Waals surface area contributed by atoms with Gasteiger partial charge in [-0.15, -0.1) is 0 Å². The van der Waals surface area contributed by atoms with Crippen molar-refractivity contribution in [3.8, 4) is 0 Å². The first-order chi connectivity index (χ1) is 5.77. The molecule has 1 aliphatic rings. The van der Waals surface area contributed by atoms with Crippen molar-refractivity contribution < 1.29 is 0 Å². The number of nitrogens with zero attached hydrogens (tertiary/aromatic N) is 1. The molecule has 0 bridgehead atoms. The number of rotatable bonds is 0. The van der Waals surface area contributed by atoms with Crippen molar-refractivity contribution in [1.82, 2.24) is 4.90 Å². The molecule has 2 rings (SSSR count). The normalized spacial score (nSPS) is 16.1. The highest BCUT2D eigenvalue weighted by Crippen LogP contribution is 2.35. The molecule has 62 valence electrons. The Morgan fingerprint density at radius 2 is 2.17 bits per heavy atom. The third-order valence-corrected chi connectivity index (χ3v) is 3.20. The van der Waals surface area contributed by atoms with Crippen LogP contribution in [-0.4, -0.2) is 11.9 Å². The third kappa shape index (κ3) is 1.23. The maximum Gasteiger partial charge on any atom is 0.0683 e. The van der Waals surface area contributed by atoms with Gasteiger partial charge in [0.2, 0.25) is 0 Å². The Labute approximate surface area is 77.1 Å². The number of hydrogen-bond donors (Lipinski definition) is 0. The van der Waals surface area contributed by atoms with Crippen LogP contribution in [-0.2, 0) is 6.54 Å². The van der Waals surface area contributed by atoms with Crippen LogP contribution in [0, 0.1) is 0 Å². The standard InChI is InChI=1S/C10H11NS/c1-8-11(2)7-9-5-3-4-6-10(9)12-8/h3-6H,1,7H2,2H3. The molecule has 0 amide bonds. The Hall–Kier alpha value is -0.890. The van der Waals surface area contributed by atoms with E-state index in [1.807, 2.05) is 0 Å². The van der Waals surface area contributed by atoms with Gasteiger partial charge in [-0.25, -0.2) is 0 Å². The van der Waals surface area contributed by atoms with Crippen LogP contribution < -0.4 is 0 Å². The van der Waals surface area contributed by atoms with Gasteiger partial charge in [-0.2, -0.15) is 0 Å². The molecule has 1 aromatic rings. The average Bonchev–Trinajstić information content (AvgIpc) is 2.07. The summed E-state index contributed by atoms with van der Waals surface area (Å²) in [7, 11) is 2.07. The number of benzene rings is 1. The van der Waals surface area contributed by atoms with Gasteiger partial charge < -0.3 is 4.90 Å². The molecular formula is C10H11NS. The second-order valence-corrected chi connectivity index (χ2v) is 4.07. The van der Waals surface area contributed by atoms with Crippen molar-refractivity contribution in [2.45, 2.75) is 11.4 Å². The van der Waals surface area contributed by atoms with E-state index in [1.54, 1.807) is 11.8 Å². The highest BCUT2D eigenvalue weighted by molar-refractivity contribution is 8.03. The van der Waals surface area contributed by atoms with Gasteiger partial charge in [0.25, 0.3) is 0 Å². The van der Waals surface area contributed by atoms with E-state index in [-0.39, 0.29) is 0 Å². The minimum Gasteiger partial charge on any atom is -0.365 e. The van der Waals surface area contributed by atoms with Crippen LogP contribution in [0.5, 0.6) is 0 Å². The SMILES string of the molecule is C=C1Sc2ccccc2CN1C. The zero-order chi connectivity index (χ0) is 8.55. The second-order valence-electron chi connectivity index (χ2n) is 2.96. The summed E-state index contributed by atoms with van der Waals surface area (Å²) < 4.78 is 0. The maximum atomic E-state index is 3.98. The molecule has 12 heavy (non-hydrogen) atoms. The molecule has 0 saturated heterocycles. The summed E-state index contributed by atoms with van der Waals surface area (Å²) >= 11 is 1.75. The van der Waals surface area contributed by atoms with Crippen molar-refractivity contribution in [1.29, 1.82) is 0 Å². The molecule has 0 radical (unpaired) electrons. The molecule has 1 nitrogen and oxygen atoms in total. The van der Waals surface area contributed by atoms with Gasteiger partial charge in [-0.05, 0) is 11.6 Å². The third-order valence-electron chi connectivity index (χ3n) is 2.03. The molecule has 0 atom stereocenters. The van der Waals surface area contributed by atoms with E-state index in [2.05, 4.69) is 42.8 Å². The molecule has 1 heterocycles. The lowest BCUT2D eigenvalue weighted by atomic mass is 10.2. The van der Waals surface area contributed by atoms with Crippen LogP contribution in [0.3, 0.4) is 0 Å². The van der Waals surface area contributed by atoms with E-state index in [1.165, 1.54) is 10.5 Å². The lowest BCUT2D eigenvalue weighted by Crippen LogP contribution is -2.18. The summed E-state index contributed by atoms with van der Waals surface area (Å²) in [6, 6.07) is 8.48. The van der Waals surface area contributed by atoms with E-state index < -0.39 is 0 Å². The Morgan fingerprint density at radius 1 is 1.42 bits per heavy atom. The molecular weight excluding hydrogens is 166 g/mol. The summed E-state index contributed by atoms with van der Waals surface area (Å²) in [6.45, 7) is 4.97. The number of fused-ring (bicyclic) bond motifs is 1. The van der Waals surface area contributed by atoms with Crippen LogP contribution in [0.15, 0.2) is 40.8 Å². The molecule has 0 spiro atoms. The topological polar surface area (TPSA) is 3.24 Å². The molecule has 1 aliphatic heterocycles. The first-order valence-electron chi connectivity index (χ1n) is 3.93. The first-order valence-corrected chi connectivity index (χ1v) is 4.75. The van der Waals surface area contributed by atoms with Crippen molar-refractivity contribution in [2.75, 3.05) is 7.05 Å². The summed E-state index contributed by atoms with van der Waals surface area (Å²) in [5, 5.41) is 1.13. The Kier molecular flexibility index (Phi) is 1.85. The predicted molar refractivity (Wildman–Crippen MR) is 52.9 cm³/mol. The molecule has 2 heteroatoms. The van der Waals surface area contributed by atoms with Crippen LogP contribution >= 0.6 is 11.8 Å². The fourth-order valence-corrected chi connectivity index (χ4v) is 2.17. The van der Waals surface area contributed by atoms with Gasteiger partial charge in [-0.1, -0.05) is 36.5 Å². The molecule has 0 unspecified atom stereocenters. The smallest absolute Gasteiger partial charge is 0.0683 e. The van der Waals surface area contributed by atoms with Crippen LogP contribution in [0.1, 0.15) is 5.56 Å². The van der Waals surface area contributed by atoms with Gasteiger partial charge in [-0.3, -0.25) is 0 Å². The molecule has 1 aromatic carbocycles. The van der Waals surface area contributed by atoms with E-state index >= 15 is 0 Å². The zero-order valence-corrected chi connectivity index (χ0v) is 7.90. The Morgan fingerprint density at radius 3 is 3.00 bits per heavy atom. The largest absolute Gasteiger partial charge is 0.365 e. The van der Waals surface area contributed by atoms with Crippen molar-refractivity contribution in [2.24, 2.45) is 0 Å². The Bertz CT molecular complexity index is 319. The van der Waals surface area contributed by atoms with Crippen molar-refractivity contribution in [3.63, 3.8) is 0 Å². The fourth-order valence-electron chi connectivity index (χ4n) is 1.28. The van der Waals surface area contributed by atoms with E-state index in [9.17, 15) is 0 Å². The lowest BCUT2D eigenvalue weighted by Gasteiger charge is -2.27. The molecule has 0 fully saturated rings. The second kappa shape index (κ2) is 2.87. The molecule has 0 saturated carbocycles. The fraction of sp³-hybridized carbons (Fsp3) is 0.200. The van der Waals surface area contributed by atoms with E-state index in [4.69, 9.17) is 0 Å². The average molecular weight is 177 g/mol. The van der Waals surface area contributed by atoms with Crippen LogP contribution in [0.25, 0.3) is 0 Å². The van der Waals surface area contributed by atoms with Gasteiger partial charge in [0.05, 0.1) is 5.03 Å². The molecule has 0 N–H and O–H groups in total. The van der Waals surface area contributed by atoms with Gasteiger partial charge in [0.15, 0.2) is 0 Å². The first kappa shape index (κ1) is 7.74. The lowest BCUT2D eigenvalue weighted by molar-refractivity contribution is 0.431. The monoisotopic (exact) mass is 177 g/mol. The number of hydrogen-bond acceptors (Lipinski definition) is 2. The summed E-state index contributed by atoms with van der Waals surface area (Å²) in [6.07, 6.45) is 0. The predicted octanol–water partition coefficient (Wildman–Crippen LogP) is 2.70.